The monoisotopic (exact) mass is 383 g/mol. The number of anilines is 1. The first-order chi connectivity index (χ1) is 12.3. The topological polar surface area (TPSA) is 97.4 Å². The van der Waals surface area contributed by atoms with E-state index in [1.165, 1.54) is 18.3 Å². The number of carbonyl (C=O) groups is 3. The summed E-state index contributed by atoms with van der Waals surface area (Å²) in [6.07, 6.45) is -0.128. The lowest BCUT2D eigenvalue weighted by Crippen LogP contribution is -2.27. The molecule has 0 radical (unpaired) electrons. The number of esters is 1. The van der Waals surface area contributed by atoms with Crippen LogP contribution in [-0.2, 0) is 20.9 Å². The lowest BCUT2D eigenvalue weighted by Gasteiger charge is -2.06. The van der Waals surface area contributed by atoms with E-state index in [9.17, 15) is 23.2 Å². The number of aromatic nitrogens is 1. The molecular formula is C16H15F2N3O4S. The zero-order valence-corrected chi connectivity index (χ0v) is 14.5. The summed E-state index contributed by atoms with van der Waals surface area (Å²) in [5, 5.41) is 6.90. The van der Waals surface area contributed by atoms with Crippen LogP contribution in [0, 0.1) is 11.6 Å². The van der Waals surface area contributed by atoms with Gasteiger partial charge < -0.3 is 15.4 Å². The zero-order valence-electron chi connectivity index (χ0n) is 13.7. The maximum Gasteiger partial charge on any atom is 0.307 e. The molecule has 2 N–H and O–H groups in total. The lowest BCUT2D eigenvalue weighted by atomic mass is 10.2. The fourth-order valence-electron chi connectivity index (χ4n) is 1.85. The minimum Gasteiger partial charge on any atom is -0.459 e. The molecule has 0 aliphatic carbocycles. The van der Waals surface area contributed by atoms with Crippen LogP contribution in [0.5, 0.6) is 0 Å². The number of ether oxygens (including phenoxy) is 1. The minimum absolute atomic E-state index is 0.0668. The van der Waals surface area contributed by atoms with Crippen LogP contribution >= 0.6 is 11.3 Å². The minimum atomic E-state index is -0.983. The SMILES string of the molecule is CC(=O)Nc1nc(COC(=O)CCNC(=O)c2ccc(F)cc2F)cs1. The third kappa shape index (κ3) is 5.88. The van der Waals surface area contributed by atoms with Gasteiger partial charge in [-0.25, -0.2) is 13.8 Å². The van der Waals surface area contributed by atoms with Crippen molar-refractivity contribution in [2.75, 3.05) is 11.9 Å². The van der Waals surface area contributed by atoms with Crippen molar-refractivity contribution in [3.05, 3.63) is 46.5 Å². The van der Waals surface area contributed by atoms with E-state index in [2.05, 4.69) is 15.6 Å². The first-order valence-electron chi connectivity index (χ1n) is 7.46. The van der Waals surface area contributed by atoms with Crippen molar-refractivity contribution in [1.82, 2.24) is 10.3 Å². The van der Waals surface area contributed by atoms with Crippen molar-refractivity contribution >= 4 is 34.3 Å². The van der Waals surface area contributed by atoms with Crippen molar-refractivity contribution in [2.24, 2.45) is 0 Å². The van der Waals surface area contributed by atoms with E-state index in [0.717, 1.165) is 12.1 Å². The van der Waals surface area contributed by atoms with E-state index in [0.29, 0.717) is 16.9 Å². The van der Waals surface area contributed by atoms with Crippen LogP contribution in [0.4, 0.5) is 13.9 Å². The normalized spacial score (nSPS) is 10.3. The Morgan fingerprint density at radius 3 is 2.73 bits per heavy atom. The summed E-state index contributed by atoms with van der Waals surface area (Å²) in [6.45, 7) is 1.21. The maximum atomic E-state index is 13.5. The van der Waals surface area contributed by atoms with Gasteiger partial charge in [-0.15, -0.1) is 11.3 Å². The van der Waals surface area contributed by atoms with Crippen molar-refractivity contribution in [3.63, 3.8) is 0 Å². The smallest absolute Gasteiger partial charge is 0.307 e. The standard InChI is InChI=1S/C16H15F2N3O4S/c1-9(22)20-16-21-11(8-26-16)7-25-14(23)4-5-19-15(24)12-3-2-10(17)6-13(12)18/h2-3,6,8H,4-5,7H2,1H3,(H,19,24)(H,20,21,22). The number of amides is 2. The molecule has 1 heterocycles. The third-order valence-corrected chi connectivity index (χ3v) is 3.81. The van der Waals surface area contributed by atoms with E-state index in [-0.39, 0.29) is 31.0 Å². The number of hydrogen-bond donors (Lipinski definition) is 2. The van der Waals surface area contributed by atoms with Crippen LogP contribution in [0.2, 0.25) is 0 Å². The molecule has 0 spiro atoms. The van der Waals surface area contributed by atoms with Crippen molar-refractivity contribution in [1.29, 1.82) is 0 Å². The molecule has 0 aliphatic heterocycles. The number of thiazole rings is 1. The van der Waals surface area contributed by atoms with Crippen LogP contribution in [0.1, 0.15) is 29.4 Å². The van der Waals surface area contributed by atoms with Gasteiger partial charge in [0.15, 0.2) is 5.13 Å². The molecule has 10 heteroatoms. The molecule has 0 saturated carbocycles. The zero-order chi connectivity index (χ0) is 19.1. The highest BCUT2D eigenvalue weighted by Gasteiger charge is 2.13. The van der Waals surface area contributed by atoms with Crippen LogP contribution in [0.3, 0.4) is 0 Å². The van der Waals surface area contributed by atoms with E-state index in [1.54, 1.807) is 5.38 Å². The Morgan fingerprint density at radius 1 is 1.27 bits per heavy atom. The Labute approximate surface area is 151 Å². The second-order valence-corrected chi connectivity index (χ2v) is 5.97. The summed E-state index contributed by atoms with van der Waals surface area (Å²) in [5.74, 6) is -3.36. The highest BCUT2D eigenvalue weighted by atomic mass is 32.1. The molecule has 0 aliphatic rings. The van der Waals surface area contributed by atoms with Crippen molar-refractivity contribution in [2.45, 2.75) is 20.0 Å². The first kappa shape index (κ1) is 19.4. The van der Waals surface area contributed by atoms with Gasteiger partial charge in [0.25, 0.3) is 5.91 Å². The number of nitrogens with one attached hydrogen (secondary N) is 2. The molecule has 0 unspecified atom stereocenters. The van der Waals surface area contributed by atoms with E-state index >= 15 is 0 Å². The molecule has 1 aromatic heterocycles. The van der Waals surface area contributed by atoms with Gasteiger partial charge in [-0.2, -0.15) is 0 Å². The summed E-state index contributed by atoms with van der Waals surface area (Å²) in [7, 11) is 0. The molecule has 0 atom stereocenters. The quantitative estimate of drug-likeness (QED) is 0.715. The summed E-state index contributed by atoms with van der Waals surface area (Å²) < 4.78 is 31.2. The fraction of sp³-hybridized carbons (Fsp3) is 0.250. The lowest BCUT2D eigenvalue weighted by molar-refractivity contribution is -0.144. The number of hydrogen-bond acceptors (Lipinski definition) is 6. The molecule has 26 heavy (non-hydrogen) atoms. The van der Waals surface area contributed by atoms with Gasteiger partial charge >= 0.3 is 5.97 Å². The van der Waals surface area contributed by atoms with Crippen LogP contribution < -0.4 is 10.6 Å². The van der Waals surface area contributed by atoms with Gasteiger partial charge in [0.05, 0.1) is 17.7 Å². The summed E-state index contributed by atoms with van der Waals surface area (Å²) in [5.41, 5.74) is 0.164. The molecule has 138 valence electrons. The summed E-state index contributed by atoms with van der Waals surface area (Å²) in [6, 6.07) is 2.59. The fourth-order valence-corrected chi connectivity index (χ4v) is 2.60. The molecule has 0 saturated heterocycles. The number of nitrogens with zero attached hydrogens (tertiary/aromatic N) is 1. The maximum absolute atomic E-state index is 13.5. The van der Waals surface area contributed by atoms with Crippen molar-refractivity contribution < 1.29 is 27.9 Å². The molecule has 7 nitrogen and oxygen atoms in total. The Morgan fingerprint density at radius 2 is 2.04 bits per heavy atom. The summed E-state index contributed by atoms with van der Waals surface area (Å²) >= 11 is 1.20. The average Bonchev–Trinajstić information content (AvgIpc) is 2.99. The van der Waals surface area contributed by atoms with E-state index in [4.69, 9.17) is 4.74 Å². The molecular weight excluding hydrogens is 368 g/mol. The molecule has 0 bridgehead atoms. The Balaban J connectivity index is 1.72. The number of carbonyl (C=O) groups excluding carboxylic acids is 3. The van der Waals surface area contributed by atoms with E-state index in [1.807, 2.05) is 0 Å². The highest BCUT2D eigenvalue weighted by molar-refractivity contribution is 7.13. The van der Waals surface area contributed by atoms with Gasteiger partial charge in [0.1, 0.15) is 18.2 Å². The predicted octanol–water partition coefficient (Wildman–Crippen LogP) is 2.24. The first-order valence-corrected chi connectivity index (χ1v) is 8.34. The van der Waals surface area contributed by atoms with Gasteiger partial charge in [0.2, 0.25) is 5.91 Å². The highest BCUT2D eigenvalue weighted by Crippen LogP contribution is 2.16. The van der Waals surface area contributed by atoms with Crippen LogP contribution in [0.15, 0.2) is 23.6 Å². The molecule has 2 rings (SSSR count). The number of benzene rings is 1. The van der Waals surface area contributed by atoms with Gasteiger partial charge in [-0.3, -0.25) is 14.4 Å². The Kier molecular flexibility index (Phi) is 6.73. The summed E-state index contributed by atoms with van der Waals surface area (Å²) in [4.78, 5) is 38.3. The largest absolute Gasteiger partial charge is 0.459 e. The second-order valence-electron chi connectivity index (χ2n) is 5.12. The average molecular weight is 383 g/mol. The van der Waals surface area contributed by atoms with Gasteiger partial charge in [0, 0.05) is 24.9 Å². The van der Waals surface area contributed by atoms with Crippen LogP contribution in [-0.4, -0.2) is 29.3 Å². The van der Waals surface area contributed by atoms with E-state index < -0.39 is 23.5 Å². The number of rotatable bonds is 7. The van der Waals surface area contributed by atoms with Gasteiger partial charge in [-0.05, 0) is 12.1 Å². The molecule has 2 amide bonds. The van der Waals surface area contributed by atoms with Crippen molar-refractivity contribution in [3.8, 4) is 0 Å². The molecule has 2 aromatic rings. The van der Waals surface area contributed by atoms with Gasteiger partial charge in [-0.1, -0.05) is 0 Å². The van der Waals surface area contributed by atoms with Crippen LogP contribution in [0.25, 0.3) is 0 Å². The Hall–Kier alpha value is -2.88. The second kappa shape index (κ2) is 8.99. The molecule has 1 aromatic carbocycles. The third-order valence-electron chi connectivity index (χ3n) is 3.01. The Bertz CT molecular complexity index is 826. The number of halogens is 2. The predicted molar refractivity (Wildman–Crippen MR) is 89.5 cm³/mol. The molecule has 0 fully saturated rings.